The van der Waals surface area contributed by atoms with Gasteiger partial charge in [0.25, 0.3) is 0 Å². The standard InChI is InChI=1S/C20H28N2O5/c1-25-9-8-21-19(23)17-12-22(20(24)13-4-5-13)11-16(17)15-7-6-14(26-2)10-18(15)27-3/h6-7,10,13,16-17H,4-5,8-9,11-12H2,1-3H3,(H,21,23). The predicted molar refractivity (Wildman–Crippen MR) is 100.0 cm³/mol. The lowest BCUT2D eigenvalue weighted by Crippen LogP contribution is -2.37. The highest BCUT2D eigenvalue weighted by molar-refractivity contribution is 5.85. The molecule has 0 aromatic heterocycles. The fourth-order valence-electron chi connectivity index (χ4n) is 3.69. The number of nitrogens with zero attached hydrogens (tertiary/aromatic N) is 1. The van der Waals surface area contributed by atoms with E-state index in [0.29, 0.717) is 37.7 Å². The van der Waals surface area contributed by atoms with Gasteiger partial charge in [-0.15, -0.1) is 0 Å². The van der Waals surface area contributed by atoms with E-state index >= 15 is 0 Å². The SMILES string of the molecule is COCCNC(=O)C1CN(C(=O)C2CC2)CC1c1ccc(OC)cc1OC. The van der Waals surface area contributed by atoms with Crippen LogP contribution in [0.4, 0.5) is 0 Å². The van der Waals surface area contributed by atoms with Crippen molar-refractivity contribution in [2.24, 2.45) is 11.8 Å². The van der Waals surface area contributed by atoms with Gasteiger partial charge in [0.15, 0.2) is 0 Å². The summed E-state index contributed by atoms with van der Waals surface area (Å²) in [6.07, 6.45) is 1.91. The molecule has 0 bridgehead atoms. The van der Waals surface area contributed by atoms with E-state index in [4.69, 9.17) is 14.2 Å². The molecule has 0 radical (unpaired) electrons. The van der Waals surface area contributed by atoms with Crippen molar-refractivity contribution in [1.29, 1.82) is 0 Å². The molecule has 2 amide bonds. The molecule has 148 valence electrons. The van der Waals surface area contributed by atoms with Crippen molar-refractivity contribution in [3.05, 3.63) is 23.8 Å². The maximum Gasteiger partial charge on any atom is 0.225 e. The lowest BCUT2D eigenvalue weighted by atomic mass is 9.87. The Kier molecular flexibility index (Phi) is 6.21. The van der Waals surface area contributed by atoms with E-state index in [1.807, 2.05) is 23.1 Å². The third-order valence-electron chi connectivity index (χ3n) is 5.34. The number of rotatable bonds is 8. The second-order valence-electron chi connectivity index (χ2n) is 7.12. The van der Waals surface area contributed by atoms with Crippen molar-refractivity contribution in [2.45, 2.75) is 18.8 Å². The van der Waals surface area contributed by atoms with Crippen LogP contribution in [0.5, 0.6) is 11.5 Å². The third kappa shape index (κ3) is 4.35. The van der Waals surface area contributed by atoms with Crippen molar-refractivity contribution >= 4 is 11.8 Å². The van der Waals surface area contributed by atoms with E-state index in [0.717, 1.165) is 18.4 Å². The van der Waals surface area contributed by atoms with E-state index in [9.17, 15) is 9.59 Å². The first-order valence-electron chi connectivity index (χ1n) is 9.36. The zero-order valence-electron chi connectivity index (χ0n) is 16.2. The zero-order valence-corrected chi connectivity index (χ0v) is 16.2. The van der Waals surface area contributed by atoms with Crippen LogP contribution in [0.1, 0.15) is 24.3 Å². The van der Waals surface area contributed by atoms with Crippen LogP contribution < -0.4 is 14.8 Å². The first-order chi connectivity index (χ1) is 13.1. The number of carbonyl (C=O) groups excluding carboxylic acids is 2. The quantitative estimate of drug-likeness (QED) is 0.695. The van der Waals surface area contributed by atoms with Crippen LogP contribution in [0.3, 0.4) is 0 Å². The monoisotopic (exact) mass is 376 g/mol. The van der Waals surface area contributed by atoms with Crippen LogP contribution in [0.15, 0.2) is 18.2 Å². The number of methoxy groups -OCH3 is 3. The van der Waals surface area contributed by atoms with Crippen molar-refractivity contribution in [2.75, 3.05) is 47.6 Å². The molecule has 1 aromatic carbocycles. The summed E-state index contributed by atoms with van der Waals surface area (Å²) in [4.78, 5) is 27.2. The topological polar surface area (TPSA) is 77.1 Å². The molecule has 1 saturated carbocycles. The van der Waals surface area contributed by atoms with E-state index in [-0.39, 0.29) is 29.6 Å². The van der Waals surface area contributed by atoms with Crippen LogP contribution in [-0.2, 0) is 14.3 Å². The van der Waals surface area contributed by atoms with Gasteiger partial charge in [-0.2, -0.15) is 0 Å². The van der Waals surface area contributed by atoms with E-state index in [1.165, 1.54) is 0 Å². The van der Waals surface area contributed by atoms with E-state index < -0.39 is 0 Å². The summed E-state index contributed by atoms with van der Waals surface area (Å²) in [5, 5.41) is 2.92. The van der Waals surface area contributed by atoms with Crippen LogP contribution in [0.25, 0.3) is 0 Å². The van der Waals surface area contributed by atoms with Gasteiger partial charge >= 0.3 is 0 Å². The fourth-order valence-corrected chi connectivity index (χ4v) is 3.69. The normalized spacial score (nSPS) is 21.8. The molecule has 1 aromatic rings. The number of amides is 2. The Morgan fingerprint density at radius 1 is 1.15 bits per heavy atom. The Bertz CT molecular complexity index is 689. The minimum atomic E-state index is -0.313. The zero-order chi connectivity index (χ0) is 19.4. The number of carbonyl (C=O) groups is 2. The van der Waals surface area contributed by atoms with Crippen molar-refractivity contribution in [3.63, 3.8) is 0 Å². The lowest BCUT2D eigenvalue weighted by Gasteiger charge is -2.21. The van der Waals surface area contributed by atoms with Crippen molar-refractivity contribution in [3.8, 4) is 11.5 Å². The van der Waals surface area contributed by atoms with Gasteiger partial charge < -0.3 is 24.4 Å². The van der Waals surface area contributed by atoms with Gasteiger partial charge in [0, 0.05) is 50.2 Å². The number of likely N-dealkylation sites (tertiary alicyclic amines) is 1. The minimum absolute atomic E-state index is 0.0546. The van der Waals surface area contributed by atoms with Crippen LogP contribution in [-0.4, -0.2) is 64.3 Å². The van der Waals surface area contributed by atoms with Crippen molar-refractivity contribution in [1.82, 2.24) is 10.2 Å². The molecule has 1 N–H and O–H groups in total. The summed E-state index contributed by atoms with van der Waals surface area (Å²) >= 11 is 0. The van der Waals surface area contributed by atoms with Crippen LogP contribution >= 0.6 is 0 Å². The van der Waals surface area contributed by atoms with E-state index in [1.54, 1.807) is 21.3 Å². The smallest absolute Gasteiger partial charge is 0.225 e. The number of hydrogen-bond acceptors (Lipinski definition) is 5. The van der Waals surface area contributed by atoms with Crippen LogP contribution in [0, 0.1) is 11.8 Å². The molecule has 2 fully saturated rings. The molecule has 1 saturated heterocycles. The summed E-state index contributed by atoms with van der Waals surface area (Å²) in [6, 6.07) is 5.62. The summed E-state index contributed by atoms with van der Waals surface area (Å²) in [6.45, 7) is 1.88. The summed E-state index contributed by atoms with van der Waals surface area (Å²) in [7, 11) is 4.81. The molecular weight excluding hydrogens is 348 g/mol. The van der Waals surface area contributed by atoms with Gasteiger partial charge in [-0.1, -0.05) is 6.07 Å². The molecule has 2 aliphatic rings. The first-order valence-corrected chi connectivity index (χ1v) is 9.36. The molecule has 2 atom stereocenters. The Balaban J connectivity index is 1.84. The summed E-state index contributed by atoms with van der Waals surface area (Å²) in [5.74, 6) is 1.19. The van der Waals surface area contributed by atoms with E-state index in [2.05, 4.69) is 5.32 Å². The van der Waals surface area contributed by atoms with Crippen molar-refractivity contribution < 1.29 is 23.8 Å². The third-order valence-corrected chi connectivity index (χ3v) is 5.34. The average Bonchev–Trinajstić information content (AvgIpc) is 3.45. The lowest BCUT2D eigenvalue weighted by molar-refractivity contribution is -0.132. The summed E-state index contributed by atoms with van der Waals surface area (Å²) < 4.78 is 15.8. The Hall–Kier alpha value is -2.28. The molecule has 1 aliphatic carbocycles. The largest absolute Gasteiger partial charge is 0.497 e. The maximum absolute atomic E-state index is 12.8. The summed E-state index contributed by atoms with van der Waals surface area (Å²) in [5.41, 5.74) is 0.927. The number of benzene rings is 1. The maximum atomic E-state index is 12.8. The molecular formula is C20H28N2O5. The Labute approximate surface area is 160 Å². The van der Waals surface area contributed by atoms with Gasteiger partial charge in [-0.25, -0.2) is 0 Å². The molecule has 2 unspecified atom stereocenters. The van der Waals surface area contributed by atoms with Gasteiger partial charge in [0.1, 0.15) is 11.5 Å². The highest BCUT2D eigenvalue weighted by atomic mass is 16.5. The number of nitrogens with one attached hydrogen (secondary N) is 1. The number of hydrogen-bond donors (Lipinski definition) is 1. The second kappa shape index (κ2) is 8.61. The minimum Gasteiger partial charge on any atom is -0.497 e. The molecule has 27 heavy (non-hydrogen) atoms. The van der Waals surface area contributed by atoms with Gasteiger partial charge in [-0.3, -0.25) is 9.59 Å². The molecule has 7 nitrogen and oxygen atoms in total. The van der Waals surface area contributed by atoms with Gasteiger partial charge in [0.05, 0.1) is 26.7 Å². The molecule has 3 rings (SSSR count). The van der Waals surface area contributed by atoms with Gasteiger partial charge in [0.2, 0.25) is 11.8 Å². The second-order valence-corrected chi connectivity index (χ2v) is 7.12. The first kappa shape index (κ1) is 19.5. The predicted octanol–water partition coefficient (Wildman–Crippen LogP) is 1.42. The average molecular weight is 376 g/mol. The highest BCUT2D eigenvalue weighted by Crippen LogP contribution is 2.41. The molecule has 1 aliphatic heterocycles. The highest BCUT2D eigenvalue weighted by Gasteiger charge is 2.44. The van der Waals surface area contributed by atoms with Crippen LogP contribution in [0.2, 0.25) is 0 Å². The molecule has 7 heteroatoms. The fraction of sp³-hybridized carbons (Fsp3) is 0.600. The number of ether oxygens (including phenoxy) is 3. The van der Waals surface area contributed by atoms with Gasteiger partial charge in [-0.05, 0) is 18.9 Å². The molecule has 1 heterocycles. The Morgan fingerprint density at radius 3 is 2.56 bits per heavy atom. The Morgan fingerprint density at radius 2 is 1.93 bits per heavy atom. The molecule has 0 spiro atoms.